The molecule has 1 aliphatic rings. The molecule has 1 aromatic heterocycles. The lowest BCUT2D eigenvalue weighted by molar-refractivity contribution is -0.119. The minimum absolute atomic E-state index is 0.0898. The van der Waals surface area contributed by atoms with Crippen molar-refractivity contribution in [2.24, 2.45) is 0 Å². The number of nitrogens with one attached hydrogen (secondary N) is 2. The van der Waals surface area contributed by atoms with E-state index in [0.717, 1.165) is 36.2 Å². The molecule has 0 fully saturated rings. The lowest BCUT2D eigenvalue weighted by Crippen LogP contribution is -2.35. The van der Waals surface area contributed by atoms with E-state index >= 15 is 0 Å². The van der Waals surface area contributed by atoms with Crippen molar-refractivity contribution >= 4 is 11.8 Å². The molecule has 0 radical (unpaired) electrons. The summed E-state index contributed by atoms with van der Waals surface area (Å²) in [4.78, 5) is 23.5. The topological polar surface area (TPSA) is 76.0 Å². The largest absolute Gasteiger partial charge is 0.358 e. The molecule has 23 heavy (non-hydrogen) atoms. The second-order valence-corrected chi connectivity index (χ2v) is 5.37. The van der Waals surface area contributed by atoms with Crippen LogP contribution >= 0.6 is 0 Å². The zero-order chi connectivity index (χ0) is 16.4. The van der Waals surface area contributed by atoms with Crippen molar-refractivity contribution in [3.05, 3.63) is 47.0 Å². The van der Waals surface area contributed by atoms with Gasteiger partial charge < -0.3 is 10.6 Å². The van der Waals surface area contributed by atoms with Crippen LogP contribution < -0.4 is 10.6 Å². The fourth-order valence-electron chi connectivity index (χ4n) is 2.75. The predicted molar refractivity (Wildman–Crippen MR) is 81.9 cm³/mol. The zero-order valence-corrected chi connectivity index (χ0v) is 12.7. The molecule has 0 saturated heterocycles. The maximum atomic E-state index is 13.1. The maximum Gasteiger partial charge on any atom is 0.272 e. The Morgan fingerprint density at radius 2 is 2.00 bits per heavy atom. The van der Waals surface area contributed by atoms with Gasteiger partial charge in [0.1, 0.15) is 5.82 Å². The first-order valence-electron chi connectivity index (χ1n) is 7.45. The lowest BCUT2D eigenvalue weighted by atomic mass is 10.2. The first-order valence-corrected chi connectivity index (χ1v) is 7.45. The van der Waals surface area contributed by atoms with Crippen LogP contribution in [0.2, 0.25) is 0 Å². The highest BCUT2D eigenvalue weighted by Crippen LogP contribution is 2.27. The molecule has 0 bridgehead atoms. The Kier molecular flexibility index (Phi) is 4.10. The van der Waals surface area contributed by atoms with Crippen molar-refractivity contribution in [2.45, 2.75) is 19.3 Å². The number of halogens is 1. The Labute approximate surface area is 132 Å². The zero-order valence-electron chi connectivity index (χ0n) is 12.7. The van der Waals surface area contributed by atoms with E-state index in [1.807, 2.05) is 0 Å². The summed E-state index contributed by atoms with van der Waals surface area (Å²) < 4.78 is 14.8. The average Bonchev–Trinajstić information content (AvgIpc) is 3.15. The number of hydrogen-bond acceptors (Lipinski definition) is 3. The Balaban J connectivity index is 1.90. The van der Waals surface area contributed by atoms with Crippen molar-refractivity contribution in [1.82, 2.24) is 20.4 Å². The van der Waals surface area contributed by atoms with Gasteiger partial charge in [-0.1, -0.05) is 0 Å². The van der Waals surface area contributed by atoms with Crippen molar-refractivity contribution < 1.29 is 14.0 Å². The number of aromatic nitrogens is 2. The van der Waals surface area contributed by atoms with Crippen LogP contribution in [-0.4, -0.2) is 35.2 Å². The normalized spacial score (nSPS) is 12.8. The number of nitrogens with zero attached hydrogens (tertiary/aromatic N) is 2. The summed E-state index contributed by atoms with van der Waals surface area (Å²) in [5.74, 6) is -0.957. The molecular formula is C16H17FN4O2. The van der Waals surface area contributed by atoms with E-state index in [1.54, 1.807) is 16.8 Å². The minimum atomic E-state index is -0.368. The third-order valence-electron chi connectivity index (χ3n) is 3.90. The Morgan fingerprint density at radius 1 is 1.26 bits per heavy atom. The van der Waals surface area contributed by atoms with Crippen LogP contribution in [0.25, 0.3) is 5.69 Å². The van der Waals surface area contributed by atoms with E-state index in [9.17, 15) is 14.0 Å². The van der Waals surface area contributed by atoms with Gasteiger partial charge in [-0.15, -0.1) is 0 Å². The molecular weight excluding hydrogens is 299 g/mol. The molecule has 1 aromatic carbocycles. The van der Waals surface area contributed by atoms with Crippen LogP contribution in [0.5, 0.6) is 0 Å². The molecule has 0 saturated carbocycles. The number of benzene rings is 1. The molecule has 0 atom stereocenters. The molecule has 120 valence electrons. The lowest BCUT2D eigenvalue weighted by Gasteiger charge is -2.05. The smallest absolute Gasteiger partial charge is 0.272 e. The molecule has 0 unspecified atom stereocenters. The van der Waals surface area contributed by atoms with Gasteiger partial charge in [0.15, 0.2) is 5.69 Å². The first kappa shape index (κ1) is 15.2. The second kappa shape index (κ2) is 6.20. The average molecular weight is 316 g/mol. The van der Waals surface area contributed by atoms with E-state index in [2.05, 4.69) is 15.7 Å². The monoisotopic (exact) mass is 316 g/mol. The fraction of sp³-hybridized carbons (Fsp3) is 0.312. The SMILES string of the molecule is CNC(=O)CNC(=O)c1nn(-c2ccc(F)cc2)c2c1CCC2. The number of amides is 2. The number of carbonyl (C=O) groups excluding carboxylic acids is 2. The third kappa shape index (κ3) is 2.94. The summed E-state index contributed by atoms with van der Waals surface area (Å²) in [6.07, 6.45) is 2.55. The van der Waals surface area contributed by atoms with Gasteiger partial charge in [0, 0.05) is 18.3 Å². The molecule has 2 aromatic rings. The first-order chi connectivity index (χ1) is 11.1. The van der Waals surface area contributed by atoms with Crippen molar-refractivity contribution in [2.75, 3.05) is 13.6 Å². The van der Waals surface area contributed by atoms with Crippen LogP contribution in [-0.2, 0) is 17.6 Å². The number of likely N-dealkylation sites (N-methyl/N-ethyl adjacent to an activating group) is 1. The molecule has 3 rings (SSSR count). The molecule has 1 heterocycles. The molecule has 1 aliphatic carbocycles. The van der Waals surface area contributed by atoms with Crippen LogP contribution in [0.1, 0.15) is 28.2 Å². The summed E-state index contributed by atoms with van der Waals surface area (Å²) in [7, 11) is 1.51. The van der Waals surface area contributed by atoms with Gasteiger partial charge in [0.25, 0.3) is 5.91 Å². The standard InChI is InChI=1S/C16H17FN4O2/c1-18-14(22)9-19-16(23)15-12-3-2-4-13(12)21(20-15)11-7-5-10(17)6-8-11/h5-8H,2-4,9H2,1H3,(H,18,22)(H,19,23). The van der Waals surface area contributed by atoms with Gasteiger partial charge in [-0.2, -0.15) is 5.10 Å². The van der Waals surface area contributed by atoms with E-state index < -0.39 is 0 Å². The number of fused-ring (bicyclic) bond motifs is 1. The van der Waals surface area contributed by atoms with Crippen LogP contribution in [0.15, 0.2) is 24.3 Å². The van der Waals surface area contributed by atoms with Crippen LogP contribution in [0.3, 0.4) is 0 Å². The molecule has 2 amide bonds. The highest BCUT2D eigenvalue weighted by Gasteiger charge is 2.27. The summed E-state index contributed by atoms with van der Waals surface area (Å²) in [6.45, 7) is -0.0898. The summed E-state index contributed by atoms with van der Waals surface area (Å²) >= 11 is 0. The highest BCUT2D eigenvalue weighted by molar-refractivity contribution is 5.96. The van der Waals surface area contributed by atoms with Gasteiger partial charge >= 0.3 is 0 Å². The summed E-state index contributed by atoms with van der Waals surface area (Å²) in [5, 5.41) is 9.40. The van der Waals surface area contributed by atoms with Crippen molar-refractivity contribution in [1.29, 1.82) is 0 Å². The summed E-state index contributed by atoms with van der Waals surface area (Å²) in [6, 6.07) is 5.99. The Bertz CT molecular complexity index is 752. The Hall–Kier alpha value is -2.70. The van der Waals surface area contributed by atoms with Gasteiger partial charge in [-0.25, -0.2) is 9.07 Å². The number of hydrogen-bond donors (Lipinski definition) is 2. The maximum absolute atomic E-state index is 13.1. The van der Waals surface area contributed by atoms with Crippen molar-refractivity contribution in [3.63, 3.8) is 0 Å². The third-order valence-corrected chi connectivity index (χ3v) is 3.90. The van der Waals surface area contributed by atoms with Gasteiger partial charge in [0.05, 0.1) is 12.2 Å². The van der Waals surface area contributed by atoms with Gasteiger partial charge in [0.2, 0.25) is 5.91 Å². The van der Waals surface area contributed by atoms with Gasteiger partial charge in [-0.3, -0.25) is 9.59 Å². The molecule has 0 aliphatic heterocycles. The van der Waals surface area contributed by atoms with Gasteiger partial charge in [-0.05, 0) is 43.5 Å². The van der Waals surface area contributed by atoms with E-state index in [-0.39, 0.29) is 24.2 Å². The predicted octanol–water partition coefficient (Wildman–Crippen LogP) is 0.976. The minimum Gasteiger partial charge on any atom is -0.358 e. The van der Waals surface area contributed by atoms with Crippen LogP contribution in [0, 0.1) is 5.82 Å². The molecule has 6 nitrogen and oxygen atoms in total. The fourth-order valence-corrected chi connectivity index (χ4v) is 2.75. The Morgan fingerprint density at radius 3 is 2.70 bits per heavy atom. The molecule has 2 N–H and O–H groups in total. The quantitative estimate of drug-likeness (QED) is 0.883. The number of carbonyl (C=O) groups is 2. The van der Waals surface area contributed by atoms with E-state index in [1.165, 1.54) is 19.2 Å². The highest BCUT2D eigenvalue weighted by atomic mass is 19.1. The molecule has 0 spiro atoms. The summed E-state index contributed by atoms with van der Waals surface area (Å²) in [5.41, 5.74) is 2.94. The second-order valence-electron chi connectivity index (χ2n) is 5.37. The number of rotatable bonds is 4. The van der Waals surface area contributed by atoms with Crippen LogP contribution in [0.4, 0.5) is 4.39 Å². The molecule has 7 heteroatoms. The van der Waals surface area contributed by atoms with E-state index in [4.69, 9.17) is 0 Å². The van der Waals surface area contributed by atoms with Crippen molar-refractivity contribution in [3.8, 4) is 5.69 Å². The van der Waals surface area contributed by atoms with E-state index in [0.29, 0.717) is 5.69 Å².